The molecule has 25 heavy (non-hydrogen) atoms. The zero-order valence-corrected chi connectivity index (χ0v) is 14.7. The molecule has 0 aliphatic carbocycles. The van der Waals surface area contributed by atoms with Crippen molar-refractivity contribution < 1.29 is 4.79 Å². The molecule has 128 valence electrons. The zero-order valence-electron chi connectivity index (χ0n) is 14.7. The normalized spacial score (nSPS) is 16.8. The van der Waals surface area contributed by atoms with Gasteiger partial charge >= 0.3 is 0 Å². The number of benzene rings is 1. The molecule has 3 heterocycles. The van der Waals surface area contributed by atoms with Gasteiger partial charge in [-0.3, -0.25) is 4.79 Å². The lowest BCUT2D eigenvalue weighted by Gasteiger charge is -2.34. The summed E-state index contributed by atoms with van der Waals surface area (Å²) in [5, 5.41) is 8.39. The molecule has 0 fully saturated rings. The minimum atomic E-state index is -0.0594. The van der Waals surface area contributed by atoms with Crippen molar-refractivity contribution in [2.45, 2.75) is 33.4 Å². The Kier molecular flexibility index (Phi) is 3.67. The lowest BCUT2D eigenvalue weighted by atomic mass is 10.1. The van der Waals surface area contributed by atoms with Crippen LogP contribution in [0.1, 0.15) is 40.4 Å². The number of aromatic nitrogens is 4. The van der Waals surface area contributed by atoms with Crippen LogP contribution in [0.5, 0.6) is 0 Å². The molecule has 1 atom stereocenters. The molecule has 6 nitrogen and oxygen atoms in total. The minimum absolute atomic E-state index is 0.0279. The van der Waals surface area contributed by atoms with Crippen molar-refractivity contribution >= 4 is 5.91 Å². The fraction of sp³-hybridized carbons (Fsp3) is 0.316. The highest BCUT2D eigenvalue weighted by Crippen LogP contribution is 2.27. The number of amides is 1. The quantitative estimate of drug-likeness (QED) is 0.723. The lowest BCUT2D eigenvalue weighted by molar-refractivity contribution is 0.0637. The topological polar surface area (TPSA) is 56.0 Å². The van der Waals surface area contributed by atoms with Crippen LogP contribution in [-0.4, -0.2) is 36.9 Å². The smallest absolute Gasteiger partial charge is 0.276 e. The summed E-state index contributed by atoms with van der Waals surface area (Å²) in [7, 11) is 0. The first kappa shape index (κ1) is 15.6. The first-order valence-corrected chi connectivity index (χ1v) is 8.51. The van der Waals surface area contributed by atoms with Crippen LogP contribution in [0.3, 0.4) is 0 Å². The molecule has 0 N–H and O–H groups in total. The minimum Gasteiger partial charge on any atom is -0.348 e. The van der Waals surface area contributed by atoms with Gasteiger partial charge < -0.3 is 9.47 Å². The maximum Gasteiger partial charge on any atom is 0.276 e. The molecule has 0 radical (unpaired) electrons. The molecule has 2 aromatic heterocycles. The van der Waals surface area contributed by atoms with Crippen molar-refractivity contribution in [3.63, 3.8) is 0 Å². The number of carbonyl (C=O) groups excluding carboxylic acids is 1. The molecule has 4 rings (SSSR count). The molecule has 0 saturated carbocycles. The van der Waals surface area contributed by atoms with E-state index in [1.807, 2.05) is 49.1 Å². The molecule has 1 aliphatic rings. The SMILES string of the molecule is Cc1ccc(-n2nnc(C(=O)N3CCn4cccc4C3C)c2C)cc1. The fourth-order valence-electron chi connectivity index (χ4n) is 3.45. The molecule has 1 unspecified atom stereocenters. The van der Waals surface area contributed by atoms with Crippen LogP contribution < -0.4 is 0 Å². The van der Waals surface area contributed by atoms with E-state index in [-0.39, 0.29) is 11.9 Å². The van der Waals surface area contributed by atoms with E-state index in [0.717, 1.165) is 23.6 Å². The molecule has 0 saturated heterocycles. The lowest BCUT2D eigenvalue weighted by Crippen LogP contribution is -2.41. The van der Waals surface area contributed by atoms with Gasteiger partial charge in [-0.25, -0.2) is 4.68 Å². The monoisotopic (exact) mass is 335 g/mol. The second-order valence-corrected chi connectivity index (χ2v) is 6.57. The first-order chi connectivity index (χ1) is 12.1. The number of aryl methyl sites for hydroxylation is 1. The third kappa shape index (κ3) is 2.54. The Morgan fingerprint density at radius 2 is 1.88 bits per heavy atom. The molecular formula is C19H21N5O. The number of rotatable bonds is 2. The van der Waals surface area contributed by atoms with Gasteiger partial charge in [-0.2, -0.15) is 0 Å². The van der Waals surface area contributed by atoms with Crippen molar-refractivity contribution in [2.75, 3.05) is 6.54 Å². The summed E-state index contributed by atoms with van der Waals surface area (Å²) in [5.41, 5.74) is 4.44. The summed E-state index contributed by atoms with van der Waals surface area (Å²) in [6.07, 6.45) is 2.06. The summed E-state index contributed by atoms with van der Waals surface area (Å²) in [6, 6.07) is 12.2. The zero-order chi connectivity index (χ0) is 17.6. The summed E-state index contributed by atoms with van der Waals surface area (Å²) >= 11 is 0. The molecule has 1 aliphatic heterocycles. The highest BCUT2D eigenvalue weighted by molar-refractivity contribution is 5.93. The molecular weight excluding hydrogens is 314 g/mol. The second kappa shape index (κ2) is 5.88. The summed E-state index contributed by atoms with van der Waals surface area (Å²) in [6.45, 7) is 7.48. The Morgan fingerprint density at radius 3 is 2.64 bits per heavy atom. The van der Waals surface area contributed by atoms with E-state index >= 15 is 0 Å². The van der Waals surface area contributed by atoms with Crippen LogP contribution in [-0.2, 0) is 6.54 Å². The van der Waals surface area contributed by atoms with Crippen LogP contribution >= 0.6 is 0 Å². The maximum atomic E-state index is 13.1. The van der Waals surface area contributed by atoms with E-state index in [1.165, 1.54) is 5.56 Å². The largest absolute Gasteiger partial charge is 0.348 e. The number of hydrogen-bond acceptors (Lipinski definition) is 3. The van der Waals surface area contributed by atoms with Gasteiger partial charge in [-0.1, -0.05) is 22.9 Å². The average molecular weight is 335 g/mol. The van der Waals surface area contributed by atoms with E-state index < -0.39 is 0 Å². The van der Waals surface area contributed by atoms with Gasteiger partial charge in [0.05, 0.1) is 17.4 Å². The van der Waals surface area contributed by atoms with Crippen LogP contribution in [0.15, 0.2) is 42.6 Å². The van der Waals surface area contributed by atoms with Crippen molar-refractivity contribution in [3.8, 4) is 5.69 Å². The summed E-state index contributed by atoms with van der Waals surface area (Å²) in [5.74, 6) is -0.0594. The predicted octanol–water partition coefficient (Wildman–Crippen LogP) is 2.90. The van der Waals surface area contributed by atoms with Gasteiger partial charge in [0, 0.05) is 25.0 Å². The van der Waals surface area contributed by atoms with Crippen LogP contribution in [0.25, 0.3) is 5.69 Å². The number of carbonyl (C=O) groups is 1. The van der Waals surface area contributed by atoms with E-state index in [1.54, 1.807) is 4.68 Å². The Balaban J connectivity index is 1.65. The highest BCUT2D eigenvalue weighted by atomic mass is 16.2. The fourth-order valence-corrected chi connectivity index (χ4v) is 3.45. The average Bonchev–Trinajstić information content (AvgIpc) is 3.23. The molecule has 6 heteroatoms. The Bertz CT molecular complexity index is 922. The number of nitrogens with zero attached hydrogens (tertiary/aromatic N) is 5. The van der Waals surface area contributed by atoms with Gasteiger partial charge in [0.2, 0.25) is 0 Å². The Morgan fingerprint density at radius 1 is 1.12 bits per heavy atom. The van der Waals surface area contributed by atoms with E-state index in [0.29, 0.717) is 12.2 Å². The molecule has 0 spiro atoms. The van der Waals surface area contributed by atoms with Gasteiger partial charge in [0.25, 0.3) is 5.91 Å². The predicted molar refractivity (Wildman–Crippen MR) is 94.7 cm³/mol. The van der Waals surface area contributed by atoms with Crippen molar-refractivity contribution in [2.24, 2.45) is 0 Å². The van der Waals surface area contributed by atoms with Gasteiger partial charge in [0.15, 0.2) is 5.69 Å². The summed E-state index contributed by atoms with van der Waals surface area (Å²) < 4.78 is 3.93. The number of hydrogen-bond donors (Lipinski definition) is 0. The Labute approximate surface area is 146 Å². The van der Waals surface area contributed by atoms with E-state index in [9.17, 15) is 4.79 Å². The highest BCUT2D eigenvalue weighted by Gasteiger charge is 2.31. The van der Waals surface area contributed by atoms with E-state index in [4.69, 9.17) is 0 Å². The second-order valence-electron chi connectivity index (χ2n) is 6.57. The first-order valence-electron chi connectivity index (χ1n) is 8.51. The standard InChI is InChI=1S/C19H21N5O/c1-13-6-8-16(9-7-13)24-15(3)18(20-21-24)19(25)23-12-11-22-10-4-5-17(22)14(23)2/h4-10,14H,11-12H2,1-3H3. The molecule has 0 bridgehead atoms. The summed E-state index contributed by atoms with van der Waals surface area (Å²) in [4.78, 5) is 14.9. The maximum absolute atomic E-state index is 13.1. The van der Waals surface area contributed by atoms with Gasteiger partial charge in [-0.05, 0) is 45.0 Å². The molecule has 3 aromatic rings. The van der Waals surface area contributed by atoms with Crippen molar-refractivity contribution in [3.05, 3.63) is 65.2 Å². The van der Waals surface area contributed by atoms with Gasteiger partial charge in [-0.15, -0.1) is 5.10 Å². The van der Waals surface area contributed by atoms with E-state index in [2.05, 4.69) is 34.1 Å². The van der Waals surface area contributed by atoms with Gasteiger partial charge in [0.1, 0.15) is 0 Å². The van der Waals surface area contributed by atoms with Crippen LogP contribution in [0, 0.1) is 13.8 Å². The number of fused-ring (bicyclic) bond motifs is 1. The molecule has 1 aromatic carbocycles. The third-order valence-electron chi connectivity index (χ3n) is 4.98. The third-order valence-corrected chi connectivity index (χ3v) is 4.98. The van der Waals surface area contributed by atoms with Crippen LogP contribution in [0.2, 0.25) is 0 Å². The van der Waals surface area contributed by atoms with Crippen molar-refractivity contribution in [1.29, 1.82) is 0 Å². The van der Waals surface area contributed by atoms with Crippen LogP contribution in [0.4, 0.5) is 0 Å². The van der Waals surface area contributed by atoms with Crippen molar-refractivity contribution in [1.82, 2.24) is 24.5 Å². The Hall–Kier alpha value is -2.89. The molecule has 1 amide bonds.